The molecule has 1 aliphatic carbocycles. The molecule has 0 bridgehead atoms. The molecule has 42 heavy (non-hydrogen) atoms. The Labute approximate surface area is 244 Å². The van der Waals surface area contributed by atoms with Crippen LogP contribution < -0.4 is 24.4 Å². The number of aromatic nitrogens is 6. The predicted octanol–water partition coefficient (Wildman–Crippen LogP) is 3.53. The van der Waals surface area contributed by atoms with E-state index in [4.69, 9.17) is 29.3 Å². The van der Waals surface area contributed by atoms with Gasteiger partial charge in [0.1, 0.15) is 12.1 Å². The second-order valence-corrected chi connectivity index (χ2v) is 10.9. The van der Waals surface area contributed by atoms with Crippen molar-refractivity contribution in [2.75, 3.05) is 44.7 Å². The summed E-state index contributed by atoms with van der Waals surface area (Å²) in [6.07, 6.45) is 8.30. The van der Waals surface area contributed by atoms with Crippen LogP contribution in [0.25, 0.3) is 16.7 Å². The van der Waals surface area contributed by atoms with E-state index >= 15 is 0 Å². The fraction of sp³-hybridized carbons (Fsp3) is 0.517. The quantitative estimate of drug-likeness (QED) is 0.268. The monoisotopic (exact) mass is 578 g/mol. The number of aryl methyl sites for hydroxylation is 1. The van der Waals surface area contributed by atoms with Crippen molar-refractivity contribution in [2.45, 2.75) is 63.6 Å². The van der Waals surface area contributed by atoms with E-state index in [2.05, 4.69) is 15.2 Å². The lowest BCUT2D eigenvalue weighted by molar-refractivity contribution is 0.109. The summed E-state index contributed by atoms with van der Waals surface area (Å²) in [6.45, 7) is 2.84. The van der Waals surface area contributed by atoms with Crippen molar-refractivity contribution < 1.29 is 24.4 Å². The maximum Gasteiger partial charge on any atom is 0.232 e. The van der Waals surface area contributed by atoms with E-state index in [9.17, 15) is 10.2 Å². The first-order valence-corrected chi connectivity index (χ1v) is 14.4. The van der Waals surface area contributed by atoms with Gasteiger partial charge in [0.05, 0.1) is 69.1 Å². The van der Waals surface area contributed by atoms with Crippen molar-refractivity contribution in [3.63, 3.8) is 0 Å². The topological polar surface area (TPSA) is 145 Å². The molecule has 6 rings (SSSR count). The molecule has 1 unspecified atom stereocenters. The number of nitrogens with one attached hydrogen (secondary N) is 1. The van der Waals surface area contributed by atoms with Gasteiger partial charge in [0.15, 0.2) is 23.0 Å². The highest BCUT2D eigenvalue weighted by atomic mass is 16.5. The Morgan fingerprint density at radius 3 is 2.40 bits per heavy atom. The number of nitrogens with zero attached hydrogens (tertiary/aromatic N) is 7. The molecule has 1 atom stereocenters. The predicted molar refractivity (Wildman–Crippen MR) is 158 cm³/mol. The first-order valence-electron chi connectivity index (χ1n) is 14.4. The summed E-state index contributed by atoms with van der Waals surface area (Å²) >= 11 is 0. The van der Waals surface area contributed by atoms with Gasteiger partial charge in [-0.1, -0.05) is 0 Å². The number of fused-ring (bicyclic) bond motifs is 1. The molecule has 2 aliphatic rings. The zero-order chi connectivity index (χ0) is 29.4. The first kappa shape index (κ1) is 28.0. The molecular formula is C29H38N8O5. The molecule has 3 aromatic heterocycles. The van der Waals surface area contributed by atoms with Gasteiger partial charge in [-0.25, -0.2) is 9.67 Å². The van der Waals surface area contributed by atoms with Gasteiger partial charge in [-0.3, -0.25) is 0 Å². The second-order valence-electron chi connectivity index (χ2n) is 10.9. The van der Waals surface area contributed by atoms with Gasteiger partial charge >= 0.3 is 0 Å². The van der Waals surface area contributed by atoms with Gasteiger partial charge in [-0.15, -0.1) is 0 Å². The Morgan fingerprint density at radius 1 is 1.00 bits per heavy atom. The van der Waals surface area contributed by atoms with Gasteiger partial charge < -0.3 is 39.2 Å². The Morgan fingerprint density at radius 2 is 1.74 bits per heavy atom. The molecule has 13 heteroatoms. The maximum absolute atomic E-state index is 10.1. The summed E-state index contributed by atoms with van der Waals surface area (Å²) in [5.41, 5.74) is 2.38. The van der Waals surface area contributed by atoms with Crippen molar-refractivity contribution >= 4 is 28.6 Å². The fourth-order valence-electron chi connectivity index (χ4n) is 6.17. The minimum absolute atomic E-state index is 0.0113. The lowest BCUT2D eigenvalue weighted by atomic mass is 9.93. The van der Waals surface area contributed by atoms with E-state index < -0.39 is 0 Å². The van der Waals surface area contributed by atoms with Crippen molar-refractivity contribution in [1.82, 2.24) is 29.3 Å². The lowest BCUT2D eigenvalue weighted by Crippen LogP contribution is -2.33. The normalized spacial score (nSPS) is 20.7. The van der Waals surface area contributed by atoms with Crippen LogP contribution in [0.1, 0.15) is 50.3 Å². The number of benzene rings is 1. The summed E-state index contributed by atoms with van der Waals surface area (Å²) in [6, 6.07) is 3.82. The van der Waals surface area contributed by atoms with Crippen molar-refractivity contribution in [3.05, 3.63) is 30.4 Å². The molecule has 4 aromatic rings. The Kier molecular flexibility index (Phi) is 7.78. The van der Waals surface area contributed by atoms with E-state index in [1.165, 1.54) is 0 Å². The van der Waals surface area contributed by atoms with Gasteiger partial charge in [0.25, 0.3) is 0 Å². The molecule has 13 nitrogen and oxygen atoms in total. The van der Waals surface area contributed by atoms with E-state index in [-0.39, 0.29) is 24.8 Å². The summed E-state index contributed by atoms with van der Waals surface area (Å²) in [5, 5.41) is 29.3. The Hall–Kier alpha value is -4.10. The molecular weight excluding hydrogens is 540 g/mol. The van der Waals surface area contributed by atoms with Crippen LogP contribution in [0.4, 0.5) is 17.6 Å². The molecule has 4 heterocycles. The van der Waals surface area contributed by atoms with Gasteiger partial charge in [-0.05, 0) is 45.4 Å². The van der Waals surface area contributed by atoms with E-state index in [0.717, 1.165) is 73.3 Å². The van der Waals surface area contributed by atoms with Crippen LogP contribution in [0.3, 0.4) is 0 Å². The average molecular weight is 579 g/mol. The third-order valence-electron chi connectivity index (χ3n) is 8.35. The molecule has 1 saturated carbocycles. The van der Waals surface area contributed by atoms with Crippen LogP contribution in [0.2, 0.25) is 0 Å². The molecule has 2 fully saturated rings. The zero-order valence-electron chi connectivity index (χ0n) is 24.4. The number of aliphatic hydroxyl groups excluding tert-OH is 2. The van der Waals surface area contributed by atoms with Crippen molar-refractivity contribution in [2.24, 2.45) is 0 Å². The van der Waals surface area contributed by atoms with Gasteiger partial charge in [0.2, 0.25) is 11.7 Å². The SMILES string of the molecule is COc1cc(-n2cnc(Nc3nc(N4CCCC4CO)c4c(C)nn(C5CCC(O)CC5)c4n3)c2)cc(OC)c1OC. The van der Waals surface area contributed by atoms with E-state index in [1.807, 2.05) is 34.5 Å². The minimum Gasteiger partial charge on any atom is -0.493 e. The van der Waals surface area contributed by atoms with Crippen LogP contribution in [0.15, 0.2) is 24.7 Å². The highest BCUT2D eigenvalue weighted by Crippen LogP contribution is 2.40. The average Bonchev–Trinajstić information content (AvgIpc) is 3.75. The van der Waals surface area contributed by atoms with Crippen LogP contribution in [0.5, 0.6) is 17.2 Å². The van der Waals surface area contributed by atoms with Crippen molar-refractivity contribution in [3.8, 4) is 22.9 Å². The largest absolute Gasteiger partial charge is 0.493 e. The molecule has 1 aliphatic heterocycles. The molecule has 1 saturated heterocycles. The van der Waals surface area contributed by atoms with E-state index in [1.54, 1.807) is 27.7 Å². The van der Waals surface area contributed by atoms with Crippen LogP contribution >= 0.6 is 0 Å². The molecule has 0 spiro atoms. The Bertz CT molecular complexity index is 1540. The molecule has 0 radical (unpaired) electrons. The minimum atomic E-state index is -0.262. The number of aliphatic hydroxyl groups is 2. The maximum atomic E-state index is 10.1. The van der Waals surface area contributed by atoms with Gasteiger partial charge in [-0.2, -0.15) is 15.1 Å². The lowest BCUT2D eigenvalue weighted by Gasteiger charge is -2.27. The van der Waals surface area contributed by atoms with Gasteiger partial charge in [0, 0.05) is 18.7 Å². The summed E-state index contributed by atoms with van der Waals surface area (Å²) in [7, 11) is 4.73. The smallest absolute Gasteiger partial charge is 0.232 e. The third kappa shape index (κ3) is 5.07. The number of imidazole rings is 1. The number of ether oxygens (including phenoxy) is 3. The Balaban J connectivity index is 1.39. The summed E-state index contributed by atoms with van der Waals surface area (Å²) in [4.78, 5) is 16.6. The number of hydrogen-bond donors (Lipinski definition) is 3. The van der Waals surface area contributed by atoms with Crippen LogP contribution in [-0.4, -0.2) is 86.1 Å². The fourth-order valence-corrected chi connectivity index (χ4v) is 6.17. The number of rotatable bonds is 9. The van der Waals surface area contributed by atoms with Crippen molar-refractivity contribution in [1.29, 1.82) is 0 Å². The standard InChI is InChI=1S/C29H38N8O5/c1-17-25-27(36-11-5-6-19(36)15-38)32-29(33-28(25)37(34-17)18-7-9-21(39)10-8-18)31-24-14-35(16-30-24)20-12-22(40-2)26(42-4)23(13-20)41-3/h12-14,16,18-19,21,38-39H,5-11,15H2,1-4H3,(H,31,32,33). The summed E-state index contributed by atoms with van der Waals surface area (Å²) in [5.74, 6) is 3.31. The molecule has 0 amide bonds. The number of methoxy groups -OCH3 is 3. The first-order chi connectivity index (χ1) is 20.4. The second kappa shape index (κ2) is 11.6. The third-order valence-corrected chi connectivity index (χ3v) is 8.35. The van der Waals surface area contributed by atoms with Crippen LogP contribution in [0, 0.1) is 6.92 Å². The summed E-state index contributed by atoms with van der Waals surface area (Å²) < 4.78 is 20.3. The molecule has 3 N–H and O–H groups in total. The molecule has 224 valence electrons. The zero-order valence-corrected chi connectivity index (χ0v) is 24.4. The number of anilines is 3. The highest BCUT2D eigenvalue weighted by Gasteiger charge is 2.31. The van der Waals surface area contributed by atoms with E-state index in [0.29, 0.717) is 29.0 Å². The molecule has 1 aromatic carbocycles. The van der Waals surface area contributed by atoms with Crippen LogP contribution in [-0.2, 0) is 0 Å². The number of hydrogen-bond acceptors (Lipinski definition) is 11. The highest BCUT2D eigenvalue weighted by molar-refractivity contribution is 5.91.